The Morgan fingerprint density at radius 1 is 0.750 bits per heavy atom. The maximum atomic E-state index is 9.67. The highest BCUT2D eigenvalue weighted by atomic mass is 32.2. The number of thioether (sulfide) groups is 2. The lowest BCUT2D eigenvalue weighted by molar-refractivity contribution is 0.187. The quantitative estimate of drug-likeness (QED) is 0.746. The van der Waals surface area contributed by atoms with Gasteiger partial charge in [-0.1, -0.05) is 0 Å². The van der Waals surface area contributed by atoms with E-state index in [0.717, 1.165) is 24.3 Å². The van der Waals surface area contributed by atoms with Crippen LogP contribution in [0.2, 0.25) is 0 Å². The van der Waals surface area contributed by atoms with Gasteiger partial charge in [-0.2, -0.15) is 23.5 Å². The lowest BCUT2D eigenvalue weighted by Gasteiger charge is -2.16. The summed E-state index contributed by atoms with van der Waals surface area (Å²) >= 11 is 3.85. The van der Waals surface area contributed by atoms with Crippen molar-refractivity contribution in [2.75, 3.05) is 11.5 Å². The summed E-state index contributed by atoms with van der Waals surface area (Å²) in [6, 6.07) is 0. The van der Waals surface area contributed by atoms with E-state index in [-0.39, 0.29) is 12.2 Å². The van der Waals surface area contributed by atoms with Crippen LogP contribution in [0.5, 0.6) is 0 Å². The van der Waals surface area contributed by atoms with E-state index in [9.17, 15) is 10.2 Å². The Labute approximate surface area is 107 Å². The van der Waals surface area contributed by atoms with Crippen molar-refractivity contribution in [1.82, 2.24) is 0 Å². The number of aliphatic hydroxyl groups is 2. The fraction of sp³-hybridized carbons (Fsp3) is 1.00. The van der Waals surface area contributed by atoms with Gasteiger partial charge in [-0.3, -0.25) is 0 Å². The Hall–Kier alpha value is 0.620. The lowest BCUT2D eigenvalue weighted by Crippen LogP contribution is -2.18. The van der Waals surface area contributed by atoms with Crippen molar-refractivity contribution in [1.29, 1.82) is 0 Å². The van der Waals surface area contributed by atoms with Crippen LogP contribution in [0.3, 0.4) is 0 Å². The molecule has 0 spiro atoms. The highest BCUT2D eigenvalue weighted by molar-refractivity contribution is 8.03. The van der Waals surface area contributed by atoms with Gasteiger partial charge in [0.05, 0.1) is 12.2 Å². The van der Waals surface area contributed by atoms with E-state index in [1.807, 2.05) is 23.5 Å². The van der Waals surface area contributed by atoms with Gasteiger partial charge in [-0.25, -0.2) is 0 Å². The molecular formula is C12H22O2S2. The van der Waals surface area contributed by atoms with Gasteiger partial charge in [0.1, 0.15) is 0 Å². The van der Waals surface area contributed by atoms with Crippen LogP contribution < -0.4 is 0 Å². The summed E-state index contributed by atoms with van der Waals surface area (Å²) in [5.41, 5.74) is 0. The van der Waals surface area contributed by atoms with E-state index in [1.54, 1.807) is 0 Å². The van der Waals surface area contributed by atoms with Crippen molar-refractivity contribution in [3.8, 4) is 0 Å². The third kappa shape index (κ3) is 3.56. The summed E-state index contributed by atoms with van der Waals surface area (Å²) in [5.74, 6) is 2.24. The van der Waals surface area contributed by atoms with Crippen molar-refractivity contribution < 1.29 is 10.2 Å². The van der Waals surface area contributed by atoms with E-state index >= 15 is 0 Å². The van der Waals surface area contributed by atoms with Crippen LogP contribution in [0.4, 0.5) is 0 Å². The number of rotatable bonds is 5. The van der Waals surface area contributed by atoms with Crippen LogP contribution in [0.25, 0.3) is 0 Å². The molecule has 0 heterocycles. The highest BCUT2D eigenvalue weighted by Gasteiger charge is 2.27. The second-order valence-corrected chi connectivity index (χ2v) is 7.51. The molecule has 4 atom stereocenters. The van der Waals surface area contributed by atoms with Crippen molar-refractivity contribution in [2.24, 2.45) is 0 Å². The normalized spacial score (nSPS) is 39.4. The molecule has 0 aromatic carbocycles. The van der Waals surface area contributed by atoms with E-state index in [0.29, 0.717) is 10.5 Å². The van der Waals surface area contributed by atoms with E-state index < -0.39 is 0 Å². The summed E-state index contributed by atoms with van der Waals surface area (Å²) in [6.45, 7) is 0. The monoisotopic (exact) mass is 262 g/mol. The second kappa shape index (κ2) is 6.53. The molecule has 94 valence electrons. The Morgan fingerprint density at radius 3 is 1.50 bits per heavy atom. The topological polar surface area (TPSA) is 40.5 Å². The first kappa shape index (κ1) is 13.1. The molecule has 16 heavy (non-hydrogen) atoms. The number of aliphatic hydroxyl groups excluding tert-OH is 2. The average molecular weight is 262 g/mol. The van der Waals surface area contributed by atoms with E-state index in [1.165, 1.54) is 25.7 Å². The molecule has 2 aliphatic carbocycles. The molecule has 2 fully saturated rings. The molecule has 2 saturated carbocycles. The molecule has 2 nitrogen and oxygen atoms in total. The second-order valence-electron chi connectivity index (χ2n) is 4.81. The SMILES string of the molecule is OC1CCCC1SCCSC1CCCC1O. The molecule has 2 rings (SSSR count). The molecule has 0 saturated heterocycles. The molecular weight excluding hydrogens is 240 g/mol. The van der Waals surface area contributed by atoms with Gasteiger partial charge in [-0.15, -0.1) is 0 Å². The minimum absolute atomic E-state index is 0.0629. The van der Waals surface area contributed by atoms with E-state index in [4.69, 9.17) is 0 Å². The van der Waals surface area contributed by atoms with Gasteiger partial charge in [0.15, 0.2) is 0 Å². The average Bonchev–Trinajstić information content (AvgIpc) is 2.84. The minimum Gasteiger partial charge on any atom is -0.392 e. The first-order valence-electron chi connectivity index (χ1n) is 6.36. The maximum Gasteiger partial charge on any atom is 0.0658 e. The van der Waals surface area contributed by atoms with Crippen LogP contribution in [-0.4, -0.2) is 44.4 Å². The number of hydrogen-bond acceptors (Lipinski definition) is 4. The third-order valence-electron chi connectivity index (χ3n) is 3.58. The van der Waals surface area contributed by atoms with Crippen molar-refractivity contribution in [3.63, 3.8) is 0 Å². The van der Waals surface area contributed by atoms with Crippen LogP contribution in [0.15, 0.2) is 0 Å². The zero-order chi connectivity index (χ0) is 11.4. The standard InChI is InChI=1S/C12H22O2S2/c13-9-3-1-5-11(9)15-7-8-16-12-6-2-4-10(12)14/h9-14H,1-8H2. The van der Waals surface area contributed by atoms with Crippen molar-refractivity contribution in [2.45, 2.75) is 61.2 Å². The molecule has 4 heteroatoms. The largest absolute Gasteiger partial charge is 0.392 e. The summed E-state index contributed by atoms with van der Waals surface area (Å²) in [6.07, 6.45) is 6.60. The molecule has 2 aliphatic rings. The Bertz CT molecular complexity index is 191. The van der Waals surface area contributed by atoms with Gasteiger partial charge in [0, 0.05) is 22.0 Å². The molecule has 2 N–H and O–H groups in total. The smallest absolute Gasteiger partial charge is 0.0658 e. The first-order valence-corrected chi connectivity index (χ1v) is 8.46. The summed E-state index contributed by atoms with van der Waals surface area (Å²) in [4.78, 5) is 0. The van der Waals surface area contributed by atoms with Gasteiger partial charge < -0.3 is 10.2 Å². The molecule has 0 aromatic heterocycles. The van der Waals surface area contributed by atoms with Crippen molar-refractivity contribution >= 4 is 23.5 Å². The predicted octanol–water partition coefficient (Wildman–Crippen LogP) is 2.28. The van der Waals surface area contributed by atoms with Crippen molar-refractivity contribution in [3.05, 3.63) is 0 Å². The highest BCUT2D eigenvalue weighted by Crippen LogP contribution is 2.33. The summed E-state index contributed by atoms with van der Waals surface area (Å²) in [5, 5.41) is 20.3. The molecule has 4 unspecified atom stereocenters. The number of hydrogen-bond donors (Lipinski definition) is 2. The Morgan fingerprint density at radius 2 is 1.19 bits per heavy atom. The molecule has 0 radical (unpaired) electrons. The lowest BCUT2D eigenvalue weighted by atomic mass is 10.3. The van der Waals surface area contributed by atoms with Crippen LogP contribution >= 0.6 is 23.5 Å². The molecule has 0 amide bonds. The summed E-state index contributed by atoms with van der Waals surface area (Å²) < 4.78 is 0. The van der Waals surface area contributed by atoms with Gasteiger partial charge >= 0.3 is 0 Å². The van der Waals surface area contributed by atoms with E-state index in [2.05, 4.69) is 0 Å². The molecule has 0 aliphatic heterocycles. The molecule has 0 aromatic rings. The Kier molecular flexibility index (Phi) is 5.33. The zero-order valence-electron chi connectivity index (χ0n) is 9.68. The predicted molar refractivity (Wildman–Crippen MR) is 72.2 cm³/mol. The molecule has 0 bridgehead atoms. The van der Waals surface area contributed by atoms with Crippen LogP contribution in [0.1, 0.15) is 38.5 Å². The van der Waals surface area contributed by atoms with Crippen LogP contribution in [0, 0.1) is 0 Å². The minimum atomic E-state index is -0.0629. The fourth-order valence-electron chi connectivity index (χ4n) is 2.60. The maximum absolute atomic E-state index is 9.67. The first-order chi connectivity index (χ1) is 7.77. The van der Waals surface area contributed by atoms with Crippen LogP contribution in [-0.2, 0) is 0 Å². The fourth-order valence-corrected chi connectivity index (χ4v) is 5.36. The summed E-state index contributed by atoms with van der Waals surface area (Å²) in [7, 11) is 0. The van der Waals surface area contributed by atoms with Gasteiger partial charge in [-0.05, 0) is 38.5 Å². The third-order valence-corrected chi connectivity index (χ3v) is 6.68. The van der Waals surface area contributed by atoms with Gasteiger partial charge in [0.2, 0.25) is 0 Å². The zero-order valence-corrected chi connectivity index (χ0v) is 11.3. The van der Waals surface area contributed by atoms with Gasteiger partial charge in [0.25, 0.3) is 0 Å². The Balaban J connectivity index is 1.54.